The first-order valence-electron chi connectivity index (χ1n) is 6.30. The molecule has 0 aliphatic rings. The Morgan fingerprint density at radius 2 is 1.59 bits per heavy atom. The van der Waals surface area contributed by atoms with Crippen LogP contribution in [0.2, 0.25) is 0 Å². The number of phosphoric ester groups is 1. The Morgan fingerprint density at radius 3 is 2.05 bits per heavy atom. The SMILES string of the molecule is C=C(OP(=O)(OCC)O/C(=C/Br)C(=O)OCC)C(=O)OCC. The third-order valence-electron chi connectivity index (χ3n) is 1.80. The molecule has 1 unspecified atom stereocenters. The van der Waals surface area contributed by atoms with E-state index in [4.69, 9.17) is 18.3 Å². The van der Waals surface area contributed by atoms with Crippen LogP contribution in [0.5, 0.6) is 0 Å². The summed E-state index contributed by atoms with van der Waals surface area (Å²) in [4.78, 5) is 24.1. The average molecular weight is 401 g/mol. The lowest BCUT2D eigenvalue weighted by Crippen LogP contribution is -2.13. The number of hydrogen-bond donors (Lipinski definition) is 0. The van der Waals surface area contributed by atoms with Crippen molar-refractivity contribution in [2.24, 2.45) is 0 Å². The molecule has 0 amide bonds. The van der Waals surface area contributed by atoms with E-state index in [1.54, 1.807) is 13.8 Å². The van der Waals surface area contributed by atoms with Gasteiger partial charge in [-0.25, -0.2) is 14.2 Å². The van der Waals surface area contributed by atoms with Crippen molar-refractivity contribution in [1.82, 2.24) is 0 Å². The molecule has 0 radical (unpaired) electrons. The van der Waals surface area contributed by atoms with Crippen molar-refractivity contribution in [3.05, 3.63) is 23.1 Å². The topological polar surface area (TPSA) is 97.4 Å². The van der Waals surface area contributed by atoms with Crippen LogP contribution in [0.4, 0.5) is 0 Å². The molecule has 0 saturated heterocycles. The summed E-state index contributed by atoms with van der Waals surface area (Å²) in [5.74, 6) is -2.83. The molecule has 8 nitrogen and oxygen atoms in total. The average Bonchev–Trinajstić information content (AvgIpc) is 2.45. The molecule has 0 N–H and O–H groups in total. The molecule has 0 saturated carbocycles. The maximum Gasteiger partial charge on any atom is 0.588 e. The molecule has 1 atom stereocenters. The second-order valence-electron chi connectivity index (χ2n) is 3.39. The van der Waals surface area contributed by atoms with E-state index in [1.807, 2.05) is 0 Å². The van der Waals surface area contributed by atoms with Gasteiger partial charge in [-0.1, -0.05) is 15.9 Å². The monoisotopic (exact) mass is 400 g/mol. The van der Waals surface area contributed by atoms with Crippen molar-refractivity contribution >= 4 is 35.7 Å². The molecular formula is C12H18BrO8P. The molecule has 0 spiro atoms. The first-order chi connectivity index (χ1) is 10.3. The van der Waals surface area contributed by atoms with E-state index >= 15 is 0 Å². The Morgan fingerprint density at radius 1 is 1.05 bits per heavy atom. The van der Waals surface area contributed by atoms with Gasteiger partial charge in [-0.2, -0.15) is 0 Å². The largest absolute Gasteiger partial charge is 0.588 e. The van der Waals surface area contributed by atoms with E-state index < -0.39 is 31.3 Å². The molecule has 0 aromatic rings. The van der Waals surface area contributed by atoms with Crippen LogP contribution in [0.3, 0.4) is 0 Å². The highest BCUT2D eigenvalue weighted by Crippen LogP contribution is 2.53. The molecular weight excluding hydrogens is 383 g/mol. The fourth-order valence-corrected chi connectivity index (χ4v) is 2.63. The standard InChI is InChI=1S/C12H18BrO8P/c1-5-17-11(14)9(4)20-22(16,19-7-3)21-10(8-13)12(15)18-6-2/h8H,4-7H2,1-3H3/b10-8+. The number of rotatable bonds is 10. The molecule has 0 heterocycles. The van der Waals surface area contributed by atoms with E-state index in [0.717, 1.165) is 4.99 Å². The summed E-state index contributed by atoms with van der Waals surface area (Å²) in [7, 11) is -4.30. The number of hydrogen-bond acceptors (Lipinski definition) is 8. The molecule has 0 fully saturated rings. The van der Waals surface area contributed by atoms with Crippen LogP contribution in [0, 0.1) is 0 Å². The van der Waals surface area contributed by atoms with Gasteiger partial charge in [0.15, 0.2) is 0 Å². The molecule has 0 aliphatic carbocycles. The Bertz CT molecular complexity index is 488. The summed E-state index contributed by atoms with van der Waals surface area (Å²) in [6.45, 7) is 8.07. The second kappa shape index (κ2) is 10.4. The first-order valence-corrected chi connectivity index (χ1v) is 8.68. The highest BCUT2D eigenvalue weighted by molar-refractivity contribution is 9.11. The summed E-state index contributed by atoms with van der Waals surface area (Å²) in [5, 5.41) is 0. The van der Waals surface area contributed by atoms with E-state index in [2.05, 4.69) is 27.2 Å². The summed E-state index contributed by atoms with van der Waals surface area (Å²) in [6.07, 6.45) is 0. The summed E-state index contributed by atoms with van der Waals surface area (Å²) in [6, 6.07) is 0. The minimum atomic E-state index is -4.30. The zero-order chi connectivity index (χ0) is 17.2. The number of phosphoric acid groups is 1. The van der Waals surface area contributed by atoms with Gasteiger partial charge >= 0.3 is 19.8 Å². The molecule has 126 valence electrons. The van der Waals surface area contributed by atoms with E-state index in [0.29, 0.717) is 0 Å². The smallest absolute Gasteiger partial charge is 0.460 e. The summed E-state index contributed by atoms with van der Waals surface area (Å²) < 4.78 is 36.4. The number of carbonyl (C=O) groups is 2. The van der Waals surface area contributed by atoms with Crippen LogP contribution in [-0.4, -0.2) is 31.8 Å². The molecule has 0 aromatic carbocycles. The van der Waals surface area contributed by atoms with Gasteiger partial charge in [0.25, 0.3) is 0 Å². The van der Waals surface area contributed by atoms with Crippen molar-refractivity contribution in [3.8, 4) is 0 Å². The van der Waals surface area contributed by atoms with Crippen LogP contribution in [0.25, 0.3) is 0 Å². The lowest BCUT2D eigenvalue weighted by atomic mass is 10.6. The Kier molecular flexibility index (Phi) is 9.80. The van der Waals surface area contributed by atoms with Crippen LogP contribution in [-0.2, 0) is 37.2 Å². The summed E-state index contributed by atoms with van der Waals surface area (Å²) >= 11 is 2.88. The fraction of sp³-hybridized carbons (Fsp3) is 0.500. The van der Waals surface area contributed by atoms with Crippen LogP contribution in [0.1, 0.15) is 20.8 Å². The number of ether oxygens (including phenoxy) is 2. The number of halogens is 1. The molecule has 10 heteroatoms. The molecule has 0 aliphatic heterocycles. The van der Waals surface area contributed by atoms with Gasteiger partial charge in [0.05, 0.1) is 19.8 Å². The summed E-state index contributed by atoms with van der Waals surface area (Å²) in [5.41, 5.74) is 0. The molecule has 0 rings (SSSR count). The highest BCUT2D eigenvalue weighted by atomic mass is 79.9. The number of carbonyl (C=O) groups excluding carboxylic acids is 2. The second-order valence-corrected chi connectivity index (χ2v) is 5.36. The van der Waals surface area contributed by atoms with E-state index in [9.17, 15) is 14.2 Å². The minimum absolute atomic E-state index is 0.0637. The predicted molar refractivity (Wildman–Crippen MR) is 80.8 cm³/mol. The molecule has 0 aromatic heterocycles. The molecule has 22 heavy (non-hydrogen) atoms. The lowest BCUT2D eigenvalue weighted by Gasteiger charge is -2.19. The van der Waals surface area contributed by atoms with Gasteiger partial charge < -0.3 is 18.5 Å². The van der Waals surface area contributed by atoms with Gasteiger partial charge in [0.2, 0.25) is 11.5 Å². The van der Waals surface area contributed by atoms with Gasteiger partial charge in [0, 0.05) is 4.99 Å². The van der Waals surface area contributed by atoms with Crippen LogP contribution in [0.15, 0.2) is 23.1 Å². The predicted octanol–water partition coefficient (Wildman–Crippen LogP) is 3.04. The van der Waals surface area contributed by atoms with Gasteiger partial charge in [-0.05, 0) is 27.4 Å². The zero-order valence-corrected chi connectivity index (χ0v) is 15.0. The van der Waals surface area contributed by atoms with Crippen LogP contribution >= 0.6 is 23.8 Å². The van der Waals surface area contributed by atoms with Gasteiger partial charge in [0.1, 0.15) is 0 Å². The van der Waals surface area contributed by atoms with Crippen molar-refractivity contribution in [3.63, 3.8) is 0 Å². The van der Waals surface area contributed by atoms with Crippen molar-refractivity contribution < 1.29 is 37.2 Å². The maximum absolute atomic E-state index is 12.4. The van der Waals surface area contributed by atoms with Crippen molar-refractivity contribution in [2.45, 2.75) is 20.8 Å². The quantitative estimate of drug-likeness (QED) is 0.239. The van der Waals surface area contributed by atoms with Crippen molar-refractivity contribution in [1.29, 1.82) is 0 Å². The normalized spacial score (nSPS) is 13.7. The van der Waals surface area contributed by atoms with Crippen molar-refractivity contribution in [2.75, 3.05) is 19.8 Å². The number of esters is 2. The third-order valence-corrected chi connectivity index (χ3v) is 3.65. The molecule has 0 bridgehead atoms. The van der Waals surface area contributed by atoms with E-state index in [1.165, 1.54) is 6.92 Å². The first kappa shape index (κ1) is 20.7. The van der Waals surface area contributed by atoms with Gasteiger partial charge in [-0.3, -0.25) is 4.52 Å². The lowest BCUT2D eigenvalue weighted by molar-refractivity contribution is -0.141. The van der Waals surface area contributed by atoms with Crippen LogP contribution < -0.4 is 0 Å². The van der Waals surface area contributed by atoms with Gasteiger partial charge in [-0.15, -0.1) is 0 Å². The highest BCUT2D eigenvalue weighted by Gasteiger charge is 2.35. The maximum atomic E-state index is 12.4. The third kappa shape index (κ3) is 7.11. The van der Waals surface area contributed by atoms with E-state index in [-0.39, 0.29) is 19.8 Å². The Balaban J connectivity index is 5.09. The Labute approximate surface area is 137 Å². The Hall–Kier alpha value is -1.31. The minimum Gasteiger partial charge on any atom is -0.460 e. The fourth-order valence-electron chi connectivity index (χ4n) is 1.04. The zero-order valence-electron chi connectivity index (χ0n) is 12.5.